The van der Waals surface area contributed by atoms with E-state index in [0.717, 1.165) is 6.42 Å². The van der Waals surface area contributed by atoms with Gasteiger partial charge in [0.05, 0.1) is 13.0 Å². The lowest BCUT2D eigenvalue weighted by molar-refractivity contribution is -0.142. The molecule has 0 unspecified atom stereocenters. The molecule has 0 saturated heterocycles. The van der Waals surface area contributed by atoms with Crippen LogP contribution in [0, 0.1) is 5.92 Å². The van der Waals surface area contributed by atoms with E-state index in [4.69, 9.17) is 0 Å². The molecule has 1 aliphatic rings. The van der Waals surface area contributed by atoms with E-state index in [-0.39, 0.29) is 11.9 Å². The Morgan fingerprint density at radius 1 is 1.45 bits per heavy atom. The second kappa shape index (κ2) is 2.63. The van der Waals surface area contributed by atoms with Gasteiger partial charge >= 0.3 is 5.97 Å². The Morgan fingerprint density at radius 3 is 2.27 bits per heavy atom. The van der Waals surface area contributed by atoms with Crippen molar-refractivity contribution < 1.29 is 9.53 Å². The molecule has 0 aromatic rings. The fourth-order valence-corrected chi connectivity index (χ4v) is 3.87. The number of methoxy groups -OCH3 is 1. The maximum atomic E-state index is 11.0. The van der Waals surface area contributed by atoms with Crippen molar-refractivity contribution in [1.29, 1.82) is 0 Å². The Morgan fingerprint density at radius 2 is 2.00 bits per heavy atom. The first-order valence-electron chi connectivity index (χ1n) is 4.04. The fraction of sp³-hybridized carbons (Fsp3) is 0.875. The highest BCUT2D eigenvalue weighted by atomic mass is 28.3. The fourth-order valence-electron chi connectivity index (χ4n) is 1.56. The molecule has 0 radical (unpaired) electrons. The number of rotatable bonds is 2. The van der Waals surface area contributed by atoms with E-state index >= 15 is 0 Å². The predicted molar refractivity (Wildman–Crippen MR) is 47.2 cm³/mol. The van der Waals surface area contributed by atoms with Gasteiger partial charge in [0.1, 0.15) is 0 Å². The van der Waals surface area contributed by atoms with Crippen LogP contribution in [0.25, 0.3) is 0 Å². The molecule has 11 heavy (non-hydrogen) atoms. The van der Waals surface area contributed by atoms with Gasteiger partial charge in [-0.2, -0.15) is 0 Å². The SMILES string of the molecule is COC(=O)[C@@H]1C[C@@H]1[Si](C)(C)C. The van der Waals surface area contributed by atoms with E-state index in [1.807, 2.05) is 0 Å². The van der Waals surface area contributed by atoms with Gasteiger partial charge in [0, 0.05) is 8.07 Å². The zero-order chi connectivity index (χ0) is 8.65. The van der Waals surface area contributed by atoms with Crippen LogP contribution >= 0.6 is 0 Å². The van der Waals surface area contributed by atoms with Gasteiger partial charge in [-0.15, -0.1) is 0 Å². The summed E-state index contributed by atoms with van der Waals surface area (Å²) in [6.45, 7) is 6.92. The number of carbonyl (C=O) groups excluding carboxylic acids is 1. The summed E-state index contributed by atoms with van der Waals surface area (Å²) in [6, 6.07) is 0. The minimum atomic E-state index is -1.07. The minimum absolute atomic E-state index is 0.00238. The number of esters is 1. The standard InChI is InChI=1S/C8H16O2Si/c1-10-8(9)6-5-7(6)11(2,3)4/h6-7H,5H2,1-4H3/t6-,7+/m1/s1. The summed E-state index contributed by atoms with van der Waals surface area (Å²) in [4.78, 5) is 11.0. The van der Waals surface area contributed by atoms with Gasteiger partial charge in [0.15, 0.2) is 0 Å². The second-order valence-electron chi connectivity index (χ2n) is 4.34. The van der Waals surface area contributed by atoms with Crippen molar-refractivity contribution in [1.82, 2.24) is 0 Å². The van der Waals surface area contributed by atoms with E-state index in [9.17, 15) is 4.79 Å². The van der Waals surface area contributed by atoms with Gasteiger partial charge in [-0.05, 0) is 12.0 Å². The molecular weight excluding hydrogens is 156 g/mol. The lowest BCUT2D eigenvalue weighted by Gasteiger charge is -2.14. The van der Waals surface area contributed by atoms with E-state index < -0.39 is 8.07 Å². The topological polar surface area (TPSA) is 26.3 Å². The molecule has 1 rings (SSSR count). The molecule has 0 bridgehead atoms. The monoisotopic (exact) mass is 172 g/mol. The van der Waals surface area contributed by atoms with E-state index in [1.165, 1.54) is 7.11 Å². The van der Waals surface area contributed by atoms with Gasteiger partial charge in [0.25, 0.3) is 0 Å². The van der Waals surface area contributed by atoms with Crippen molar-refractivity contribution in [3.05, 3.63) is 0 Å². The molecule has 1 aliphatic carbocycles. The van der Waals surface area contributed by atoms with E-state index in [0.29, 0.717) is 5.54 Å². The quantitative estimate of drug-likeness (QED) is 0.469. The smallest absolute Gasteiger partial charge is 0.308 e. The van der Waals surface area contributed by atoms with Crippen LogP contribution in [0.4, 0.5) is 0 Å². The highest BCUT2D eigenvalue weighted by molar-refractivity contribution is 6.78. The molecular formula is C8H16O2Si. The molecule has 64 valence electrons. The number of ether oxygens (including phenoxy) is 1. The van der Waals surface area contributed by atoms with Gasteiger partial charge in [0.2, 0.25) is 0 Å². The van der Waals surface area contributed by atoms with Crippen LogP contribution in [0.3, 0.4) is 0 Å². The lowest BCUT2D eigenvalue weighted by atomic mass is 10.4. The van der Waals surface area contributed by atoms with Gasteiger partial charge in [-0.25, -0.2) is 0 Å². The van der Waals surface area contributed by atoms with Crippen molar-refractivity contribution >= 4 is 14.0 Å². The molecule has 0 heterocycles. The lowest BCUT2D eigenvalue weighted by Crippen LogP contribution is -2.22. The number of hydrogen-bond acceptors (Lipinski definition) is 2. The summed E-state index contributed by atoms with van der Waals surface area (Å²) in [5, 5.41) is 0. The molecule has 0 N–H and O–H groups in total. The summed E-state index contributed by atoms with van der Waals surface area (Å²) in [5.41, 5.74) is 0.676. The van der Waals surface area contributed by atoms with Crippen LogP contribution in [0.15, 0.2) is 0 Å². The van der Waals surface area contributed by atoms with Crippen molar-refractivity contribution in [2.24, 2.45) is 5.92 Å². The average molecular weight is 172 g/mol. The van der Waals surface area contributed by atoms with Gasteiger partial charge < -0.3 is 4.74 Å². The zero-order valence-corrected chi connectivity index (χ0v) is 8.68. The summed E-state index contributed by atoms with van der Waals surface area (Å²) in [5.74, 6) is 0.240. The van der Waals surface area contributed by atoms with Gasteiger partial charge in [-0.3, -0.25) is 4.79 Å². The molecule has 2 nitrogen and oxygen atoms in total. The Kier molecular flexibility index (Phi) is 2.10. The van der Waals surface area contributed by atoms with Crippen LogP contribution < -0.4 is 0 Å². The maximum absolute atomic E-state index is 11.0. The molecule has 1 fully saturated rings. The molecule has 0 amide bonds. The highest BCUT2D eigenvalue weighted by Crippen LogP contribution is 2.52. The zero-order valence-electron chi connectivity index (χ0n) is 7.68. The number of hydrogen-bond donors (Lipinski definition) is 0. The molecule has 1 saturated carbocycles. The van der Waals surface area contributed by atoms with Crippen LogP contribution in [-0.2, 0) is 9.53 Å². The Balaban J connectivity index is 2.44. The first-order chi connectivity index (χ1) is 4.96. The Hall–Kier alpha value is -0.313. The van der Waals surface area contributed by atoms with Crippen LogP contribution in [0.5, 0.6) is 0 Å². The molecule has 3 heteroatoms. The van der Waals surface area contributed by atoms with Crippen LogP contribution in [-0.4, -0.2) is 21.2 Å². The third-order valence-corrected chi connectivity index (χ3v) is 5.27. The summed E-state index contributed by atoms with van der Waals surface area (Å²) >= 11 is 0. The van der Waals surface area contributed by atoms with Crippen molar-refractivity contribution in [3.8, 4) is 0 Å². The summed E-state index contributed by atoms with van der Waals surface area (Å²) in [6.07, 6.45) is 1.07. The van der Waals surface area contributed by atoms with Crippen LogP contribution in [0.1, 0.15) is 6.42 Å². The third-order valence-electron chi connectivity index (χ3n) is 2.41. The van der Waals surface area contributed by atoms with Gasteiger partial charge in [-0.1, -0.05) is 19.6 Å². The first kappa shape index (κ1) is 8.78. The third kappa shape index (κ3) is 1.83. The second-order valence-corrected chi connectivity index (χ2v) is 9.81. The minimum Gasteiger partial charge on any atom is -0.469 e. The Bertz CT molecular complexity index is 171. The molecule has 0 spiro atoms. The first-order valence-corrected chi connectivity index (χ1v) is 7.62. The predicted octanol–water partition coefficient (Wildman–Crippen LogP) is 1.89. The molecule has 2 atom stereocenters. The van der Waals surface area contributed by atoms with Crippen LogP contribution in [0.2, 0.25) is 25.2 Å². The van der Waals surface area contributed by atoms with E-state index in [2.05, 4.69) is 24.4 Å². The molecule has 0 aromatic carbocycles. The Labute approximate surface area is 68.9 Å². The van der Waals surface area contributed by atoms with E-state index in [1.54, 1.807) is 0 Å². The maximum Gasteiger partial charge on any atom is 0.308 e. The van der Waals surface area contributed by atoms with Crippen molar-refractivity contribution in [2.45, 2.75) is 31.6 Å². The molecule has 0 aliphatic heterocycles. The number of carbonyl (C=O) groups is 1. The normalized spacial score (nSPS) is 29.8. The largest absolute Gasteiger partial charge is 0.469 e. The van der Waals surface area contributed by atoms with Crippen molar-refractivity contribution in [2.75, 3.05) is 7.11 Å². The average Bonchev–Trinajstić information content (AvgIpc) is 2.62. The summed E-state index contributed by atoms with van der Waals surface area (Å²) in [7, 11) is 0.408. The summed E-state index contributed by atoms with van der Waals surface area (Å²) < 4.78 is 4.68. The molecule has 0 aromatic heterocycles. The van der Waals surface area contributed by atoms with Crippen molar-refractivity contribution in [3.63, 3.8) is 0 Å². The highest BCUT2D eigenvalue weighted by Gasteiger charge is 2.50.